The Hall–Kier alpha value is -3.20. The molecule has 9 heteroatoms. The summed E-state index contributed by atoms with van der Waals surface area (Å²) >= 11 is 1.15. The maximum Gasteiger partial charge on any atom is 0.307 e. The van der Waals surface area contributed by atoms with E-state index in [0.717, 1.165) is 28.4 Å². The number of nitrogens with zero attached hydrogens (tertiary/aromatic N) is 5. The summed E-state index contributed by atoms with van der Waals surface area (Å²) in [6.45, 7) is 2.75. The average molecular weight is 382 g/mol. The Morgan fingerprint density at radius 2 is 2.19 bits per heavy atom. The lowest BCUT2D eigenvalue weighted by atomic mass is 10.3. The van der Waals surface area contributed by atoms with Crippen LogP contribution in [0.1, 0.15) is 17.8 Å². The highest BCUT2D eigenvalue weighted by Gasteiger charge is 2.09. The lowest BCUT2D eigenvalue weighted by Gasteiger charge is -2.04. The number of pyridine rings is 1. The number of hydrogen-bond donors (Lipinski definition) is 1. The SMILES string of the molecule is Cc1csc(=O)n1CCC(=O)Nc1cnn(Cc2cn3ccccc3n2)c1. The number of thiazole rings is 1. The Morgan fingerprint density at radius 1 is 1.30 bits per heavy atom. The summed E-state index contributed by atoms with van der Waals surface area (Å²) in [5.74, 6) is -0.153. The second-order valence-electron chi connectivity index (χ2n) is 6.22. The minimum Gasteiger partial charge on any atom is -0.323 e. The summed E-state index contributed by atoms with van der Waals surface area (Å²) in [4.78, 5) is 28.3. The van der Waals surface area contributed by atoms with Crippen LogP contribution in [0.15, 0.2) is 53.2 Å². The van der Waals surface area contributed by atoms with E-state index >= 15 is 0 Å². The zero-order valence-electron chi connectivity index (χ0n) is 14.7. The van der Waals surface area contributed by atoms with Crippen molar-refractivity contribution in [3.63, 3.8) is 0 Å². The van der Waals surface area contributed by atoms with Gasteiger partial charge in [0.25, 0.3) is 0 Å². The minimum atomic E-state index is -0.153. The van der Waals surface area contributed by atoms with Gasteiger partial charge in [-0.3, -0.25) is 14.3 Å². The van der Waals surface area contributed by atoms with E-state index in [-0.39, 0.29) is 17.2 Å². The zero-order chi connectivity index (χ0) is 18.8. The molecule has 0 fully saturated rings. The van der Waals surface area contributed by atoms with Gasteiger partial charge in [-0.25, -0.2) is 4.98 Å². The van der Waals surface area contributed by atoms with Crippen molar-refractivity contribution >= 4 is 28.6 Å². The van der Waals surface area contributed by atoms with E-state index in [2.05, 4.69) is 15.4 Å². The lowest BCUT2D eigenvalue weighted by molar-refractivity contribution is -0.116. The summed E-state index contributed by atoms with van der Waals surface area (Å²) in [6, 6.07) is 5.84. The number of nitrogens with one attached hydrogen (secondary N) is 1. The maximum atomic E-state index is 12.1. The first-order chi connectivity index (χ1) is 13.1. The average Bonchev–Trinajstić information content (AvgIpc) is 3.33. The molecule has 4 aromatic heterocycles. The second-order valence-corrected chi connectivity index (χ2v) is 7.04. The molecule has 27 heavy (non-hydrogen) atoms. The van der Waals surface area contributed by atoms with E-state index in [1.54, 1.807) is 27.0 Å². The van der Waals surface area contributed by atoms with Gasteiger partial charge < -0.3 is 14.3 Å². The van der Waals surface area contributed by atoms with E-state index in [1.807, 2.05) is 41.9 Å². The van der Waals surface area contributed by atoms with Crippen LogP contribution in [0.3, 0.4) is 0 Å². The monoisotopic (exact) mass is 382 g/mol. The number of fused-ring (bicyclic) bond motifs is 1. The van der Waals surface area contributed by atoms with Crippen molar-refractivity contribution in [3.8, 4) is 0 Å². The van der Waals surface area contributed by atoms with E-state index < -0.39 is 0 Å². The molecule has 0 unspecified atom stereocenters. The predicted octanol–water partition coefficient (Wildman–Crippen LogP) is 2.14. The largest absolute Gasteiger partial charge is 0.323 e. The fourth-order valence-electron chi connectivity index (χ4n) is 2.86. The number of anilines is 1. The number of imidazole rings is 1. The van der Waals surface area contributed by atoms with Crippen LogP contribution >= 0.6 is 11.3 Å². The van der Waals surface area contributed by atoms with E-state index in [9.17, 15) is 9.59 Å². The van der Waals surface area contributed by atoms with Gasteiger partial charge in [0.15, 0.2) is 0 Å². The fraction of sp³-hybridized carbons (Fsp3) is 0.222. The quantitative estimate of drug-likeness (QED) is 0.554. The molecule has 4 heterocycles. The standard InChI is InChI=1S/C18H18N6O2S/c1-13-12-27-18(26)24(13)7-5-17(25)21-14-8-19-23(10-14)11-15-9-22-6-3-2-4-16(22)20-15/h2-4,6,8-10,12H,5,7,11H2,1H3,(H,21,25). The first-order valence-corrected chi connectivity index (χ1v) is 9.36. The van der Waals surface area contributed by atoms with Crippen LogP contribution in [0.4, 0.5) is 5.69 Å². The number of rotatable bonds is 6. The van der Waals surface area contributed by atoms with Crippen LogP contribution in [-0.4, -0.2) is 29.6 Å². The third-order valence-corrected chi connectivity index (χ3v) is 5.07. The predicted molar refractivity (Wildman–Crippen MR) is 103 cm³/mol. The molecular weight excluding hydrogens is 364 g/mol. The number of amides is 1. The summed E-state index contributed by atoms with van der Waals surface area (Å²) in [5, 5.41) is 8.88. The fourth-order valence-corrected chi connectivity index (χ4v) is 3.62. The van der Waals surface area contributed by atoms with Crippen molar-refractivity contribution in [2.45, 2.75) is 26.4 Å². The molecule has 0 saturated carbocycles. The Kier molecular flexibility index (Phi) is 4.59. The maximum absolute atomic E-state index is 12.1. The summed E-state index contributed by atoms with van der Waals surface area (Å²) < 4.78 is 5.29. The Bertz CT molecular complexity index is 1120. The van der Waals surface area contributed by atoms with Gasteiger partial charge in [0.1, 0.15) is 5.65 Å². The lowest BCUT2D eigenvalue weighted by Crippen LogP contribution is -2.20. The molecular formula is C18H18N6O2S. The van der Waals surface area contributed by atoms with Crippen LogP contribution in [-0.2, 0) is 17.9 Å². The van der Waals surface area contributed by atoms with Crippen molar-refractivity contribution in [3.05, 3.63) is 69.4 Å². The summed E-state index contributed by atoms with van der Waals surface area (Å²) in [7, 11) is 0. The first-order valence-electron chi connectivity index (χ1n) is 8.48. The molecule has 1 N–H and O–H groups in total. The molecule has 138 valence electrons. The van der Waals surface area contributed by atoms with Crippen molar-refractivity contribution in [2.75, 3.05) is 5.32 Å². The number of aromatic nitrogens is 5. The number of hydrogen-bond acceptors (Lipinski definition) is 5. The molecule has 4 aromatic rings. The third kappa shape index (κ3) is 3.82. The normalized spacial score (nSPS) is 11.1. The van der Waals surface area contributed by atoms with Gasteiger partial charge in [0, 0.05) is 42.6 Å². The molecule has 1 amide bonds. The number of aryl methyl sites for hydroxylation is 1. The smallest absolute Gasteiger partial charge is 0.307 e. The van der Waals surface area contributed by atoms with Gasteiger partial charge in [0.2, 0.25) is 5.91 Å². The van der Waals surface area contributed by atoms with Gasteiger partial charge >= 0.3 is 4.87 Å². The molecule has 0 aliphatic heterocycles. The number of carbonyl (C=O) groups is 1. The molecule has 0 atom stereocenters. The highest BCUT2D eigenvalue weighted by Crippen LogP contribution is 2.10. The second kappa shape index (κ2) is 7.20. The van der Waals surface area contributed by atoms with Gasteiger partial charge in [-0.2, -0.15) is 5.10 Å². The van der Waals surface area contributed by atoms with Crippen LogP contribution in [0.5, 0.6) is 0 Å². The molecule has 4 rings (SSSR count). The van der Waals surface area contributed by atoms with E-state index in [0.29, 0.717) is 18.8 Å². The highest BCUT2D eigenvalue weighted by molar-refractivity contribution is 7.07. The first kappa shape index (κ1) is 17.2. The van der Waals surface area contributed by atoms with Crippen LogP contribution < -0.4 is 10.2 Å². The molecule has 0 radical (unpaired) electrons. The molecule has 0 aliphatic carbocycles. The Labute approximate surface area is 158 Å². The molecule has 8 nitrogen and oxygen atoms in total. The van der Waals surface area contributed by atoms with Gasteiger partial charge in [0.05, 0.1) is 24.1 Å². The van der Waals surface area contributed by atoms with E-state index in [1.165, 1.54) is 0 Å². The Balaban J connectivity index is 1.36. The minimum absolute atomic E-state index is 0.0411. The van der Waals surface area contributed by atoms with Crippen molar-refractivity contribution in [1.82, 2.24) is 23.7 Å². The molecule has 0 saturated heterocycles. The van der Waals surface area contributed by atoms with Crippen LogP contribution in [0.25, 0.3) is 5.65 Å². The van der Waals surface area contributed by atoms with E-state index in [4.69, 9.17) is 0 Å². The van der Waals surface area contributed by atoms with Gasteiger partial charge in [-0.1, -0.05) is 17.4 Å². The zero-order valence-corrected chi connectivity index (χ0v) is 15.5. The van der Waals surface area contributed by atoms with Gasteiger partial charge in [-0.05, 0) is 19.1 Å². The van der Waals surface area contributed by atoms with Crippen molar-refractivity contribution in [2.24, 2.45) is 0 Å². The number of carbonyl (C=O) groups excluding carboxylic acids is 1. The summed E-state index contributed by atoms with van der Waals surface area (Å²) in [5.41, 5.74) is 3.26. The van der Waals surface area contributed by atoms with Crippen LogP contribution in [0.2, 0.25) is 0 Å². The van der Waals surface area contributed by atoms with Crippen molar-refractivity contribution in [1.29, 1.82) is 0 Å². The Morgan fingerprint density at radius 3 is 2.96 bits per heavy atom. The van der Waals surface area contributed by atoms with Crippen molar-refractivity contribution < 1.29 is 4.79 Å². The summed E-state index contributed by atoms with van der Waals surface area (Å²) in [6.07, 6.45) is 7.51. The topological polar surface area (TPSA) is 86.2 Å². The highest BCUT2D eigenvalue weighted by atomic mass is 32.1. The third-order valence-electron chi connectivity index (χ3n) is 4.19. The van der Waals surface area contributed by atoms with Crippen LogP contribution in [0, 0.1) is 6.92 Å². The molecule has 0 aliphatic rings. The van der Waals surface area contributed by atoms with Gasteiger partial charge in [-0.15, -0.1) is 0 Å². The molecule has 0 aromatic carbocycles. The molecule has 0 spiro atoms. The molecule has 0 bridgehead atoms.